The van der Waals surface area contributed by atoms with E-state index in [9.17, 15) is 4.79 Å². The zero-order valence-corrected chi connectivity index (χ0v) is 10.1. The van der Waals surface area contributed by atoms with Crippen LogP contribution in [0.15, 0.2) is 0 Å². The molecular formula is C12H24O3. The SMILES string of the molecule is CCCCCCC(=O)OOCCCCC. The summed E-state index contributed by atoms with van der Waals surface area (Å²) in [5.74, 6) is -0.234. The first-order valence-electron chi connectivity index (χ1n) is 6.13. The van der Waals surface area contributed by atoms with Crippen LogP contribution >= 0.6 is 0 Å². The molecule has 15 heavy (non-hydrogen) atoms. The Bertz CT molecular complexity index is 146. The van der Waals surface area contributed by atoms with Gasteiger partial charge in [-0.05, 0) is 12.8 Å². The number of carbonyl (C=O) groups excluding carboxylic acids is 1. The van der Waals surface area contributed by atoms with E-state index in [1.165, 1.54) is 12.8 Å². The quantitative estimate of drug-likeness (QED) is 0.318. The average Bonchev–Trinajstić information content (AvgIpc) is 2.24. The Balaban J connectivity index is 3.11. The van der Waals surface area contributed by atoms with Crippen LogP contribution < -0.4 is 0 Å². The topological polar surface area (TPSA) is 35.5 Å². The molecular weight excluding hydrogens is 192 g/mol. The van der Waals surface area contributed by atoms with E-state index in [1.807, 2.05) is 0 Å². The van der Waals surface area contributed by atoms with Crippen LogP contribution in [-0.2, 0) is 14.6 Å². The van der Waals surface area contributed by atoms with Crippen LogP contribution in [0.1, 0.15) is 65.2 Å². The summed E-state index contributed by atoms with van der Waals surface area (Å²) in [5, 5.41) is 0. The number of carbonyl (C=O) groups is 1. The summed E-state index contributed by atoms with van der Waals surface area (Å²) in [7, 11) is 0. The Morgan fingerprint density at radius 3 is 2.27 bits per heavy atom. The van der Waals surface area contributed by atoms with Gasteiger partial charge in [0.15, 0.2) is 0 Å². The molecule has 0 rings (SSSR count). The molecule has 0 aromatic heterocycles. The van der Waals surface area contributed by atoms with Crippen LogP contribution in [0.25, 0.3) is 0 Å². The zero-order valence-electron chi connectivity index (χ0n) is 10.1. The summed E-state index contributed by atoms with van der Waals surface area (Å²) < 4.78 is 0. The van der Waals surface area contributed by atoms with Gasteiger partial charge in [0.25, 0.3) is 0 Å². The Morgan fingerprint density at radius 2 is 1.60 bits per heavy atom. The van der Waals surface area contributed by atoms with Crippen molar-refractivity contribution in [2.75, 3.05) is 6.61 Å². The second-order valence-corrected chi connectivity index (χ2v) is 3.80. The van der Waals surface area contributed by atoms with Crippen molar-refractivity contribution in [2.45, 2.75) is 65.2 Å². The molecule has 0 aliphatic rings. The van der Waals surface area contributed by atoms with E-state index in [1.54, 1.807) is 0 Å². The molecule has 0 atom stereocenters. The second-order valence-electron chi connectivity index (χ2n) is 3.80. The van der Waals surface area contributed by atoms with Crippen molar-refractivity contribution in [3.8, 4) is 0 Å². The standard InChI is InChI=1S/C12H24O3/c1-3-5-7-8-10-12(13)15-14-11-9-6-4-2/h3-11H2,1-2H3. The van der Waals surface area contributed by atoms with Gasteiger partial charge in [-0.2, -0.15) is 4.89 Å². The van der Waals surface area contributed by atoms with Crippen molar-refractivity contribution in [3.63, 3.8) is 0 Å². The van der Waals surface area contributed by atoms with Gasteiger partial charge in [0.2, 0.25) is 0 Å². The summed E-state index contributed by atoms with van der Waals surface area (Å²) in [6.07, 6.45) is 8.08. The lowest BCUT2D eigenvalue weighted by atomic mass is 10.2. The average molecular weight is 216 g/mol. The lowest BCUT2D eigenvalue weighted by molar-refractivity contribution is -0.272. The molecule has 0 fully saturated rings. The minimum atomic E-state index is -0.234. The predicted molar refractivity (Wildman–Crippen MR) is 60.3 cm³/mol. The van der Waals surface area contributed by atoms with Gasteiger partial charge in [0.1, 0.15) is 0 Å². The van der Waals surface area contributed by atoms with Gasteiger partial charge < -0.3 is 0 Å². The first-order chi connectivity index (χ1) is 7.31. The largest absolute Gasteiger partial charge is 0.342 e. The molecule has 3 nitrogen and oxygen atoms in total. The van der Waals surface area contributed by atoms with E-state index in [0.717, 1.165) is 32.1 Å². The van der Waals surface area contributed by atoms with Crippen molar-refractivity contribution >= 4 is 5.97 Å². The summed E-state index contributed by atoms with van der Waals surface area (Å²) in [4.78, 5) is 20.5. The fraction of sp³-hybridized carbons (Fsp3) is 0.917. The van der Waals surface area contributed by atoms with Gasteiger partial charge in [0.05, 0.1) is 6.61 Å². The van der Waals surface area contributed by atoms with E-state index in [2.05, 4.69) is 18.7 Å². The molecule has 0 bridgehead atoms. The fourth-order valence-electron chi connectivity index (χ4n) is 1.26. The third-order valence-electron chi connectivity index (χ3n) is 2.22. The Morgan fingerprint density at radius 1 is 0.933 bits per heavy atom. The summed E-state index contributed by atoms with van der Waals surface area (Å²) in [6.45, 7) is 4.80. The monoisotopic (exact) mass is 216 g/mol. The van der Waals surface area contributed by atoms with Gasteiger partial charge in [-0.1, -0.05) is 46.0 Å². The molecule has 0 amide bonds. The summed E-state index contributed by atoms with van der Waals surface area (Å²) >= 11 is 0. The maximum atomic E-state index is 11.1. The maximum Gasteiger partial charge on any atom is 0.342 e. The molecule has 0 N–H and O–H groups in total. The highest BCUT2D eigenvalue weighted by Crippen LogP contribution is 2.04. The summed E-state index contributed by atoms with van der Waals surface area (Å²) in [6, 6.07) is 0. The van der Waals surface area contributed by atoms with Crippen molar-refractivity contribution in [1.29, 1.82) is 0 Å². The molecule has 90 valence electrons. The molecule has 0 saturated carbocycles. The molecule has 0 aromatic rings. The molecule has 0 aliphatic heterocycles. The van der Waals surface area contributed by atoms with Gasteiger partial charge in [0, 0.05) is 6.42 Å². The first-order valence-corrected chi connectivity index (χ1v) is 6.13. The predicted octanol–water partition coefficient (Wildman–Crippen LogP) is 3.62. The van der Waals surface area contributed by atoms with Crippen LogP contribution in [0.3, 0.4) is 0 Å². The fourth-order valence-corrected chi connectivity index (χ4v) is 1.26. The Labute approximate surface area is 93.1 Å². The van der Waals surface area contributed by atoms with Gasteiger partial charge in [-0.15, -0.1) is 0 Å². The highest BCUT2D eigenvalue weighted by atomic mass is 17.2. The number of hydrogen-bond donors (Lipinski definition) is 0. The van der Waals surface area contributed by atoms with E-state index >= 15 is 0 Å². The van der Waals surface area contributed by atoms with Crippen LogP contribution in [-0.4, -0.2) is 12.6 Å². The molecule has 0 aromatic carbocycles. The van der Waals surface area contributed by atoms with Crippen molar-refractivity contribution < 1.29 is 14.6 Å². The minimum Gasteiger partial charge on any atom is -0.298 e. The van der Waals surface area contributed by atoms with Crippen molar-refractivity contribution in [3.05, 3.63) is 0 Å². The zero-order chi connectivity index (χ0) is 11.4. The third kappa shape index (κ3) is 11.4. The van der Waals surface area contributed by atoms with Crippen LogP contribution in [0.2, 0.25) is 0 Å². The van der Waals surface area contributed by atoms with E-state index in [-0.39, 0.29) is 5.97 Å². The molecule has 0 heterocycles. The summed E-state index contributed by atoms with van der Waals surface area (Å²) in [5.41, 5.74) is 0. The van der Waals surface area contributed by atoms with Gasteiger partial charge in [-0.3, -0.25) is 4.89 Å². The lowest BCUT2D eigenvalue weighted by Gasteiger charge is -2.02. The Kier molecular flexibility index (Phi) is 11.1. The molecule has 3 heteroatoms. The van der Waals surface area contributed by atoms with Crippen molar-refractivity contribution in [1.82, 2.24) is 0 Å². The number of hydrogen-bond acceptors (Lipinski definition) is 3. The van der Waals surface area contributed by atoms with E-state index in [0.29, 0.717) is 13.0 Å². The van der Waals surface area contributed by atoms with Crippen molar-refractivity contribution in [2.24, 2.45) is 0 Å². The maximum absolute atomic E-state index is 11.1. The second kappa shape index (κ2) is 11.5. The van der Waals surface area contributed by atoms with Gasteiger partial charge in [-0.25, -0.2) is 4.79 Å². The van der Waals surface area contributed by atoms with Crippen LogP contribution in [0.4, 0.5) is 0 Å². The van der Waals surface area contributed by atoms with Gasteiger partial charge >= 0.3 is 5.97 Å². The molecule has 0 saturated heterocycles. The van der Waals surface area contributed by atoms with E-state index in [4.69, 9.17) is 4.89 Å². The smallest absolute Gasteiger partial charge is 0.298 e. The first kappa shape index (κ1) is 14.4. The third-order valence-corrected chi connectivity index (χ3v) is 2.22. The highest BCUT2D eigenvalue weighted by molar-refractivity contribution is 5.68. The number of rotatable bonds is 10. The molecule has 0 unspecified atom stereocenters. The van der Waals surface area contributed by atoms with Crippen LogP contribution in [0.5, 0.6) is 0 Å². The van der Waals surface area contributed by atoms with E-state index < -0.39 is 0 Å². The molecule has 0 spiro atoms. The lowest BCUT2D eigenvalue weighted by Crippen LogP contribution is -2.06. The normalized spacial score (nSPS) is 10.3. The minimum absolute atomic E-state index is 0.234. The van der Waals surface area contributed by atoms with Crippen LogP contribution in [0, 0.1) is 0 Å². The molecule has 0 aliphatic carbocycles. The Hall–Kier alpha value is -0.570. The molecule has 0 radical (unpaired) electrons. The number of unbranched alkanes of at least 4 members (excludes halogenated alkanes) is 5. The highest BCUT2D eigenvalue weighted by Gasteiger charge is 2.02.